The van der Waals surface area contributed by atoms with Gasteiger partial charge in [0.25, 0.3) is 5.56 Å². The van der Waals surface area contributed by atoms with Crippen molar-refractivity contribution in [1.82, 2.24) is 4.98 Å². The zero-order valence-corrected chi connectivity index (χ0v) is 24.3. The topological polar surface area (TPSA) is 115 Å². The van der Waals surface area contributed by atoms with E-state index in [0.29, 0.717) is 47.1 Å². The number of rotatable bonds is 10. The molecule has 214 valence electrons. The van der Waals surface area contributed by atoms with E-state index in [4.69, 9.17) is 18.9 Å². The van der Waals surface area contributed by atoms with Crippen molar-refractivity contribution in [3.8, 4) is 28.4 Å². The van der Waals surface area contributed by atoms with Crippen LogP contribution >= 0.6 is 0 Å². The van der Waals surface area contributed by atoms with Gasteiger partial charge in [0.2, 0.25) is 5.90 Å². The molecular weight excluding hydrogens is 510 g/mol. The first-order valence-electron chi connectivity index (χ1n) is 12.8. The van der Waals surface area contributed by atoms with E-state index in [1.54, 1.807) is 25.2 Å². The molecule has 1 aromatic heterocycles. The number of ether oxygens (including phenoxy) is 4. The van der Waals surface area contributed by atoms with Crippen LogP contribution in [-0.2, 0) is 16.1 Å². The second-order valence-corrected chi connectivity index (χ2v) is 8.47. The minimum absolute atomic E-state index is 0.0429. The first kappa shape index (κ1) is 31.8. The van der Waals surface area contributed by atoms with E-state index in [0.717, 1.165) is 0 Å². The molecule has 0 unspecified atom stereocenters. The highest BCUT2D eigenvalue weighted by Gasteiger charge is 2.27. The van der Waals surface area contributed by atoms with Crippen LogP contribution in [0, 0.1) is 6.92 Å². The standard InChI is InChI=1S/C22H28N2O6.C9H11N/c1-7-13(3)30-22(23-4)19-20(25)17(14(12-29-8-2)24-21(19)26)18-15(27-5)10-9-11-16(18)28-6;1-8-5-3-4-6-9(8)7-10-2/h9-11H,3,7-8,12H2,1-2,4-6H3,(H2,24,25,26);3-7H,1-2H3. The van der Waals surface area contributed by atoms with Gasteiger partial charge < -0.3 is 29.0 Å². The van der Waals surface area contributed by atoms with Crippen LogP contribution in [0.25, 0.3) is 11.1 Å². The Hall–Kier alpha value is -4.37. The molecule has 0 fully saturated rings. The zero-order valence-electron chi connectivity index (χ0n) is 24.3. The lowest BCUT2D eigenvalue weighted by Crippen LogP contribution is -2.23. The predicted molar refractivity (Wildman–Crippen MR) is 160 cm³/mol. The number of aliphatic imine (C=N–C) groups is 2. The Morgan fingerprint density at radius 2 is 1.68 bits per heavy atom. The van der Waals surface area contributed by atoms with Gasteiger partial charge in [-0.25, -0.2) is 0 Å². The van der Waals surface area contributed by atoms with E-state index >= 15 is 0 Å². The molecule has 9 heteroatoms. The fourth-order valence-corrected chi connectivity index (χ4v) is 3.80. The van der Waals surface area contributed by atoms with Crippen molar-refractivity contribution in [3.63, 3.8) is 0 Å². The average molecular weight is 550 g/mol. The monoisotopic (exact) mass is 549 g/mol. The summed E-state index contributed by atoms with van der Waals surface area (Å²) >= 11 is 0. The van der Waals surface area contributed by atoms with Gasteiger partial charge in [0.05, 0.1) is 43.4 Å². The highest BCUT2D eigenvalue weighted by Crippen LogP contribution is 2.44. The number of methoxy groups -OCH3 is 2. The third kappa shape index (κ3) is 7.83. The normalized spacial score (nSPS) is 11.1. The second kappa shape index (κ2) is 15.9. The van der Waals surface area contributed by atoms with Gasteiger partial charge in [-0.05, 0) is 37.1 Å². The molecular formula is C31H39N3O6. The van der Waals surface area contributed by atoms with Crippen LogP contribution in [-0.4, -0.2) is 57.1 Å². The number of aromatic amines is 1. The Labute approximate surface area is 235 Å². The van der Waals surface area contributed by atoms with Crippen molar-refractivity contribution < 1.29 is 24.1 Å². The maximum atomic E-state index is 12.9. The van der Waals surface area contributed by atoms with Crippen molar-refractivity contribution in [3.05, 3.63) is 87.5 Å². The molecule has 1 heterocycles. The summed E-state index contributed by atoms with van der Waals surface area (Å²) in [4.78, 5) is 23.6. The van der Waals surface area contributed by atoms with E-state index in [1.807, 2.05) is 32.2 Å². The van der Waals surface area contributed by atoms with Crippen molar-refractivity contribution in [2.45, 2.75) is 33.8 Å². The van der Waals surface area contributed by atoms with Crippen molar-refractivity contribution >= 4 is 12.1 Å². The Kier molecular flexibility index (Phi) is 12.7. The Morgan fingerprint density at radius 1 is 1.02 bits per heavy atom. The highest BCUT2D eigenvalue weighted by atomic mass is 16.5. The lowest BCUT2D eigenvalue weighted by molar-refractivity contribution is 0.131. The van der Waals surface area contributed by atoms with Gasteiger partial charge in [-0.3, -0.25) is 14.8 Å². The lowest BCUT2D eigenvalue weighted by Gasteiger charge is -2.19. The molecule has 0 aliphatic heterocycles. The summed E-state index contributed by atoms with van der Waals surface area (Å²) in [5, 5.41) is 11.3. The second-order valence-electron chi connectivity index (χ2n) is 8.47. The zero-order chi connectivity index (χ0) is 29.7. The van der Waals surface area contributed by atoms with Gasteiger partial charge >= 0.3 is 0 Å². The maximum absolute atomic E-state index is 12.9. The largest absolute Gasteiger partial charge is 0.506 e. The van der Waals surface area contributed by atoms with E-state index in [-0.39, 0.29) is 23.8 Å². The van der Waals surface area contributed by atoms with Crippen LogP contribution in [0.1, 0.15) is 42.7 Å². The first-order chi connectivity index (χ1) is 19.3. The SMILES string of the molecule is C=C(CC)OC(=NC)c1c(O)c(-c2c(OC)cccc2OC)c(COCC)[nH]c1=O.CN=Cc1ccccc1C. The Balaban J connectivity index is 0.000000469. The minimum Gasteiger partial charge on any atom is -0.506 e. The first-order valence-corrected chi connectivity index (χ1v) is 12.8. The van der Waals surface area contributed by atoms with E-state index in [1.165, 1.54) is 32.4 Å². The maximum Gasteiger partial charge on any atom is 0.264 e. The summed E-state index contributed by atoms with van der Waals surface area (Å²) in [5.41, 5.74) is 2.93. The minimum atomic E-state index is -0.565. The number of aryl methyl sites for hydroxylation is 1. The number of hydrogen-bond acceptors (Lipinski definition) is 8. The molecule has 2 N–H and O–H groups in total. The fraction of sp³-hybridized carbons (Fsp3) is 0.323. The summed E-state index contributed by atoms with van der Waals surface area (Å²) < 4.78 is 22.1. The van der Waals surface area contributed by atoms with Gasteiger partial charge in [-0.1, -0.05) is 43.8 Å². The van der Waals surface area contributed by atoms with E-state index < -0.39 is 5.56 Å². The van der Waals surface area contributed by atoms with Crippen LogP contribution < -0.4 is 15.0 Å². The number of allylic oxidation sites excluding steroid dienone is 1. The molecule has 40 heavy (non-hydrogen) atoms. The van der Waals surface area contributed by atoms with Gasteiger partial charge in [-0.15, -0.1) is 0 Å². The molecule has 0 radical (unpaired) electrons. The van der Waals surface area contributed by atoms with Crippen LogP contribution in [0.5, 0.6) is 17.2 Å². The van der Waals surface area contributed by atoms with Crippen LogP contribution in [0.4, 0.5) is 0 Å². The van der Waals surface area contributed by atoms with Gasteiger partial charge in [0.1, 0.15) is 22.8 Å². The van der Waals surface area contributed by atoms with Gasteiger partial charge in [0, 0.05) is 33.3 Å². The Morgan fingerprint density at radius 3 is 2.20 bits per heavy atom. The molecule has 2 aromatic carbocycles. The summed E-state index contributed by atoms with van der Waals surface area (Å²) in [7, 11) is 6.27. The molecule has 0 saturated heterocycles. The summed E-state index contributed by atoms with van der Waals surface area (Å²) in [5.74, 6) is 0.951. The summed E-state index contributed by atoms with van der Waals surface area (Å²) in [6.07, 6.45) is 2.39. The molecule has 0 aliphatic rings. The average Bonchev–Trinajstić information content (AvgIpc) is 2.96. The molecule has 9 nitrogen and oxygen atoms in total. The smallest absolute Gasteiger partial charge is 0.264 e. The fourth-order valence-electron chi connectivity index (χ4n) is 3.80. The number of hydrogen-bond donors (Lipinski definition) is 2. The molecule has 0 spiro atoms. The number of nitrogens with one attached hydrogen (secondary N) is 1. The van der Waals surface area contributed by atoms with Gasteiger partial charge in [-0.2, -0.15) is 0 Å². The number of aromatic hydroxyl groups is 1. The molecule has 3 aromatic rings. The van der Waals surface area contributed by atoms with Gasteiger partial charge in [0.15, 0.2) is 0 Å². The lowest BCUT2D eigenvalue weighted by atomic mass is 9.98. The number of H-pyrrole nitrogens is 1. The van der Waals surface area contributed by atoms with Crippen LogP contribution in [0.3, 0.4) is 0 Å². The Bertz CT molecular complexity index is 1390. The highest BCUT2D eigenvalue weighted by molar-refractivity contribution is 6.00. The number of nitrogens with zero attached hydrogens (tertiary/aromatic N) is 2. The molecule has 0 amide bonds. The molecule has 0 bridgehead atoms. The predicted octanol–water partition coefficient (Wildman–Crippen LogP) is 5.66. The van der Waals surface area contributed by atoms with Crippen molar-refractivity contribution in [2.24, 2.45) is 9.98 Å². The molecule has 3 rings (SSSR count). The molecule has 0 saturated carbocycles. The molecule has 0 atom stereocenters. The molecule has 0 aliphatic carbocycles. The third-order valence-corrected chi connectivity index (χ3v) is 5.90. The number of benzene rings is 2. The summed E-state index contributed by atoms with van der Waals surface area (Å²) in [6.45, 7) is 10.0. The van der Waals surface area contributed by atoms with E-state index in [9.17, 15) is 9.90 Å². The van der Waals surface area contributed by atoms with Crippen molar-refractivity contribution in [2.75, 3.05) is 34.9 Å². The van der Waals surface area contributed by atoms with Crippen molar-refractivity contribution in [1.29, 1.82) is 0 Å². The van der Waals surface area contributed by atoms with Crippen LogP contribution in [0.15, 0.2) is 69.6 Å². The number of aromatic nitrogens is 1. The van der Waals surface area contributed by atoms with Crippen LogP contribution in [0.2, 0.25) is 0 Å². The van der Waals surface area contributed by atoms with E-state index in [2.05, 4.69) is 40.6 Å². The quantitative estimate of drug-likeness (QED) is 0.192. The summed E-state index contributed by atoms with van der Waals surface area (Å²) in [6, 6.07) is 13.4. The number of pyridine rings is 1. The third-order valence-electron chi connectivity index (χ3n) is 5.90.